The summed E-state index contributed by atoms with van der Waals surface area (Å²) < 4.78 is 1.98. The largest absolute Gasteiger partial charge is 0.328 e. The van der Waals surface area contributed by atoms with Gasteiger partial charge in [-0.2, -0.15) is 5.10 Å². The van der Waals surface area contributed by atoms with Gasteiger partial charge in [0.25, 0.3) is 0 Å². The van der Waals surface area contributed by atoms with E-state index in [-0.39, 0.29) is 6.04 Å². The minimum absolute atomic E-state index is 0.163. The Kier molecular flexibility index (Phi) is 4.89. The third kappa shape index (κ3) is 3.44. The van der Waals surface area contributed by atoms with E-state index in [2.05, 4.69) is 43.2 Å². The molecule has 4 heteroatoms. The van der Waals surface area contributed by atoms with Gasteiger partial charge in [-0.15, -0.1) is 11.8 Å². The zero-order valence-electron chi connectivity index (χ0n) is 12.7. The molecule has 3 nitrogen and oxygen atoms in total. The van der Waals surface area contributed by atoms with Gasteiger partial charge in [-0.3, -0.25) is 4.68 Å². The Morgan fingerprint density at radius 1 is 1.30 bits per heavy atom. The Labute approximate surface area is 125 Å². The first kappa shape index (κ1) is 15.1. The van der Waals surface area contributed by atoms with Crippen molar-refractivity contribution in [2.45, 2.75) is 44.0 Å². The summed E-state index contributed by atoms with van der Waals surface area (Å²) in [5.41, 5.74) is 11.1. The van der Waals surface area contributed by atoms with Crippen LogP contribution in [0.5, 0.6) is 0 Å². The summed E-state index contributed by atoms with van der Waals surface area (Å²) in [5, 5.41) is 5.78. The van der Waals surface area contributed by atoms with Crippen LogP contribution in [0.3, 0.4) is 0 Å². The molecule has 0 aliphatic carbocycles. The molecule has 0 saturated heterocycles. The Morgan fingerprint density at radius 2 is 2.00 bits per heavy atom. The average molecular weight is 289 g/mol. The molecule has 0 aliphatic rings. The second kappa shape index (κ2) is 6.46. The third-order valence-corrected chi connectivity index (χ3v) is 4.68. The van der Waals surface area contributed by atoms with Crippen molar-refractivity contribution in [2.24, 2.45) is 12.8 Å². The van der Waals surface area contributed by atoms with E-state index in [1.165, 1.54) is 21.7 Å². The highest BCUT2D eigenvalue weighted by molar-refractivity contribution is 7.98. The lowest BCUT2D eigenvalue weighted by atomic mass is 10.1. The Hall–Kier alpha value is -1.26. The summed E-state index contributed by atoms with van der Waals surface area (Å²) >= 11 is 1.85. The highest BCUT2D eigenvalue weighted by Gasteiger charge is 2.15. The van der Waals surface area contributed by atoms with Gasteiger partial charge < -0.3 is 5.73 Å². The average Bonchev–Trinajstić information content (AvgIpc) is 2.63. The molecule has 0 radical (unpaired) electrons. The molecule has 0 aliphatic heterocycles. The number of nitrogens with zero attached hydrogens (tertiary/aromatic N) is 2. The molecular formula is C16H23N3S. The molecule has 0 amide bonds. The summed E-state index contributed by atoms with van der Waals surface area (Å²) in [7, 11) is 2.01. The fraction of sp³-hybridized carbons (Fsp3) is 0.438. The minimum atomic E-state index is 0.163. The number of hydrogen-bond donors (Lipinski definition) is 1. The van der Waals surface area contributed by atoms with Crippen LogP contribution in [0.15, 0.2) is 29.3 Å². The summed E-state index contributed by atoms with van der Waals surface area (Å²) in [5.74, 6) is 0.970. The lowest BCUT2D eigenvalue weighted by Gasteiger charge is -2.10. The molecular weight excluding hydrogens is 266 g/mol. The van der Waals surface area contributed by atoms with Gasteiger partial charge in [0.05, 0.1) is 10.7 Å². The molecule has 2 aromatic rings. The molecule has 2 N–H and O–H groups in total. The summed E-state index contributed by atoms with van der Waals surface area (Å²) in [6.45, 7) is 6.27. The maximum atomic E-state index is 5.96. The summed E-state index contributed by atoms with van der Waals surface area (Å²) in [6.07, 6.45) is 0.885. The zero-order chi connectivity index (χ0) is 14.7. The molecule has 0 fully saturated rings. The number of thioether (sulfide) groups is 1. The Morgan fingerprint density at radius 3 is 2.65 bits per heavy atom. The maximum absolute atomic E-state index is 5.96. The van der Waals surface area contributed by atoms with Crippen LogP contribution in [0.25, 0.3) is 0 Å². The first-order chi connectivity index (χ1) is 9.49. The van der Waals surface area contributed by atoms with Gasteiger partial charge in [-0.05, 0) is 38.3 Å². The van der Waals surface area contributed by atoms with Crippen molar-refractivity contribution in [2.75, 3.05) is 0 Å². The molecule has 1 heterocycles. The van der Waals surface area contributed by atoms with Crippen LogP contribution in [0.1, 0.15) is 29.3 Å². The Bertz CT molecular complexity index is 587. The lowest BCUT2D eigenvalue weighted by molar-refractivity contribution is 0.677. The van der Waals surface area contributed by atoms with E-state index >= 15 is 0 Å². The van der Waals surface area contributed by atoms with Crippen LogP contribution < -0.4 is 5.73 Å². The first-order valence-electron chi connectivity index (χ1n) is 6.94. The number of rotatable bonds is 5. The van der Waals surface area contributed by atoms with Crippen molar-refractivity contribution in [3.63, 3.8) is 0 Å². The van der Waals surface area contributed by atoms with Gasteiger partial charge in [-0.1, -0.05) is 24.3 Å². The molecule has 2 rings (SSSR count). The molecule has 1 atom stereocenters. The van der Waals surface area contributed by atoms with Crippen molar-refractivity contribution in [3.8, 4) is 0 Å². The third-order valence-electron chi connectivity index (χ3n) is 3.44. The number of aromatic nitrogens is 2. The van der Waals surface area contributed by atoms with Gasteiger partial charge in [0.1, 0.15) is 0 Å². The quantitative estimate of drug-likeness (QED) is 0.860. The van der Waals surface area contributed by atoms with E-state index < -0.39 is 0 Å². The molecule has 1 aromatic carbocycles. The normalized spacial score (nSPS) is 12.7. The molecule has 0 spiro atoms. The van der Waals surface area contributed by atoms with Crippen LogP contribution in [0.4, 0.5) is 0 Å². The van der Waals surface area contributed by atoms with Crippen molar-refractivity contribution < 1.29 is 0 Å². The van der Waals surface area contributed by atoms with Gasteiger partial charge in [0, 0.05) is 24.4 Å². The highest BCUT2D eigenvalue weighted by atomic mass is 32.2. The fourth-order valence-corrected chi connectivity index (χ4v) is 3.59. The van der Waals surface area contributed by atoms with E-state index in [0.29, 0.717) is 0 Å². The van der Waals surface area contributed by atoms with E-state index in [4.69, 9.17) is 5.73 Å². The smallest absolute Gasteiger partial charge is 0.0975 e. The minimum Gasteiger partial charge on any atom is -0.328 e. The molecule has 0 saturated carbocycles. The van der Waals surface area contributed by atoms with Crippen molar-refractivity contribution >= 4 is 11.8 Å². The predicted octanol–water partition coefficient (Wildman–Crippen LogP) is 3.22. The van der Waals surface area contributed by atoms with Gasteiger partial charge in [0.2, 0.25) is 0 Å². The zero-order valence-corrected chi connectivity index (χ0v) is 13.5. The monoisotopic (exact) mass is 289 g/mol. The summed E-state index contributed by atoms with van der Waals surface area (Å²) in [4.78, 5) is 0. The van der Waals surface area contributed by atoms with E-state index in [9.17, 15) is 0 Å². The van der Waals surface area contributed by atoms with Crippen LogP contribution in [0.2, 0.25) is 0 Å². The lowest BCUT2D eigenvalue weighted by Crippen LogP contribution is -2.18. The van der Waals surface area contributed by atoms with Crippen LogP contribution in [0, 0.1) is 13.8 Å². The van der Waals surface area contributed by atoms with Gasteiger partial charge >= 0.3 is 0 Å². The number of benzene rings is 1. The van der Waals surface area contributed by atoms with Crippen molar-refractivity contribution in [1.82, 2.24) is 9.78 Å². The summed E-state index contributed by atoms with van der Waals surface area (Å²) in [6, 6.07) is 8.69. The Balaban J connectivity index is 2.19. The van der Waals surface area contributed by atoms with E-state index in [1.54, 1.807) is 0 Å². The van der Waals surface area contributed by atoms with Crippen molar-refractivity contribution in [3.05, 3.63) is 46.6 Å². The second-order valence-corrected chi connectivity index (χ2v) is 6.35. The number of aryl methyl sites for hydroxylation is 3. The number of hydrogen-bond acceptors (Lipinski definition) is 3. The molecule has 20 heavy (non-hydrogen) atoms. The predicted molar refractivity (Wildman–Crippen MR) is 86.0 cm³/mol. The second-order valence-electron chi connectivity index (χ2n) is 5.39. The fourth-order valence-electron chi connectivity index (χ4n) is 2.34. The van der Waals surface area contributed by atoms with Crippen LogP contribution in [-0.4, -0.2) is 15.8 Å². The molecule has 108 valence electrons. The van der Waals surface area contributed by atoms with Crippen molar-refractivity contribution in [1.29, 1.82) is 0 Å². The standard InChI is InChI=1S/C16H23N3S/c1-11-7-5-6-8-14(11)10-20-16-15(9-12(2)17)13(3)18-19(16)4/h5-8,12H,9-10,17H2,1-4H3. The van der Waals surface area contributed by atoms with E-state index in [0.717, 1.165) is 17.9 Å². The van der Waals surface area contributed by atoms with Gasteiger partial charge in [0.15, 0.2) is 0 Å². The van der Waals surface area contributed by atoms with Crippen LogP contribution in [-0.2, 0) is 19.2 Å². The molecule has 1 unspecified atom stereocenters. The van der Waals surface area contributed by atoms with E-state index in [1.807, 2.05) is 30.4 Å². The van der Waals surface area contributed by atoms with Crippen LogP contribution >= 0.6 is 11.8 Å². The van der Waals surface area contributed by atoms with Gasteiger partial charge in [-0.25, -0.2) is 0 Å². The SMILES string of the molecule is Cc1ccccc1CSc1c(CC(C)N)c(C)nn1C. The highest BCUT2D eigenvalue weighted by Crippen LogP contribution is 2.29. The number of nitrogens with two attached hydrogens (primary N) is 1. The molecule has 0 bridgehead atoms. The maximum Gasteiger partial charge on any atom is 0.0975 e. The topological polar surface area (TPSA) is 43.8 Å². The first-order valence-corrected chi connectivity index (χ1v) is 7.93. The molecule has 1 aromatic heterocycles.